The molecule has 0 heteroatoms. The largest absolute Gasteiger partial charge is 0.0613 e. The van der Waals surface area contributed by atoms with Gasteiger partial charge in [0, 0.05) is 0 Å². The van der Waals surface area contributed by atoms with Crippen LogP contribution in [0.2, 0.25) is 0 Å². The molecule has 0 amide bonds. The minimum atomic E-state index is 0.266. The van der Waals surface area contributed by atoms with Crippen molar-refractivity contribution in [1.82, 2.24) is 0 Å². The molecule has 2 aromatic carbocycles. The van der Waals surface area contributed by atoms with Crippen LogP contribution in [0.4, 0.5) is 0 Å². The summed E-state index contributed by atoms with van der Waals surface area (Å²) in [5, 5.41) is 2.91. The highest BCUT2D eigenvalue weighted by atomic mass is 14.4. The zero-order chi connectivity index (χ0) is 13.1. The van der Waals surface area contributed by atoms with Crippen molar-refractivity contribution in [2.24, 2.45) is 0 Å². The first-order valence-electron chi connectivity index (χ1n) is 6.86. The van der Waals surface area contributed by atoms with Crippen LogP contribution in [0.3, 0.4) is 0 Å². The maximum absolute atomic E-state index is 2.39. The van der Waals surface area contributed by atoms with E-state index in [1.165, 1.54) is 33.9 Å². The number of benzene rings is 2. The summed E-state index contributed by atoms with van der Waals surface area (Å²) < 4.78 is 0. The number of aryl methyl sites for hydroxylation is 1. The third-order valence-electron chi connectivity index (χ3n) is 4.46. The molecule has 2 aromatic rings. The Balaban J connectivity index is 2.52. The highest BCUT2D eigenvalue weighted by Crippen LogP contribution is 2.49. The maximum Gasteiger partial charge on any atom is -0.00889 e. The molecule has 0 fully saturated rings. The molecule has 18 heavy (non-hydrogen) atoms. The Morgan fingerprint density at radius 2 is 1.56 bits per heavy atom. The lowest BCUT2D eigenvalue weighted by Gasteiger charge is -2.42. The van der Waals surface area contributed by atoms with Crippen molar-refractivity contribution in [2.45, 2.75) is 51.9 Å². The Morgan fingerprint density at radius 1 is 0.889 bits per heavy atom. The number of hydrogen-bond donors (Lipinski definition) is 0. The molecular weight excluding hydrogens is 216 g/mol. The van der Waals surface area contributed by atoms with E-state index in [9.17, 15) is 0 Å². The van der Waals surface area contributed by atoms with Gasteiger partial charge >= 0.3 is 0 Å². The number of hydrogen-bond acceptors (Lipinski definition) is 0. The van der Waals surface area contributed by atoms with Gasteiger partial charge in [-0.2, -0.15) is 0 Å². The summed E-state index contributed by atoms with van der Waals surface area (Å²) in [5.41, 5.74) is 4.97. The fourth-order valence-electron chi connectivity index (χ4n) is 3.97. The van der Waals surface area contributed by atoms with Gasteiger partial charge < -0.3 is 0 Å². The lowest BCUT2D eigenvalue weighted by Crippen LogP contribution is -2.34. The first-order chi connectivity index (χ1) is 8.31. The molecule has 0 bridgehead atoms. The van der Waals surface area contributed by atoms with E-state index in [4.69, 9.17) is 0 Å². The van der Waals surface area contributed by atoms with Crippen LogP contribution < -0.4 is 0 Å². The van der Waals surface area contributed by atoms with E-state index in [-0.39, 0.29) is 10.8 Å². The standard InChI is InChI=1S/C18H22/c1-12-9-13-7-6-8-14-16(13)15(10-12)18(4,5)11-17(14,2)3/h6-10H,11H2,1-5H3. The van der Waals surface area contributed by atoms with Gasteiger partial charge in [0.1, 0.15) is 0 Å². The van der Waals surface area contributed by atoms with E-state index in [0.29, 0.717) is 0 Å². The van der Waals surface area contributed by atoms with Crippen molar-refractivity contribution < 1.29 is 0 Å². The predicted molar refractivity (Wildman–Crippen MR) is 79.4 cm³/mol. The molecule has 0 radical (unpaired) electrons. The Hall–Kier alpha value is -1.30. The van der Waals surface area contributed by atoms with E-state index in [2.05, 4.69) is 65.0 Å². The Bertz CT molecular complexity index is 630. The molecule has 0 saturated carbocycles. The number of rotatable bonds is 0. The van der Waals surface area contributed by atoms with E-state index in [1.807, 2.05) is 0 Å². The summed E-state index contributed by atoms with van der Waals surface area (Å²) >= 11 is 0. The summed E-state index contributed by atoms with van der Waals surface area (Å²) in [5.74, 6) is 0. The van der Waals surface area contributed by atoms with E-state index in [1.54, 1.807) is 0 Å². The zero-order valence-electron chi connectivity index (χ0n) is 12.1. The van der Waals surface area contributed by atoms with Crippen LogP contribution in [0.5, 0.6) is 0 Å². The Morgan fingerprint density at radius 3 is 2.28 bits per heavy atom. The fraction of sp³-hybridized carbons (Fsp3) is 0.444. The summed E-state index contributed by atoms with van der Waals surface area (Å²) in [6, 6.07) is 11.5. The molecule has 0 saturated heterocycles. The Labute approximate surface area is 110 Å². The van der Waals surface area contributed by atoms with Crippen LogP contribution in [-0.2, 0) is 10.8 Å². The summed E-state index contributed by atoms with van der Waals surface area (Å²) in [6.07, 6.45) is 1.22. The molecule has 94 valence electrons. The first-order valence-corrected chi connectivity index (χ1v) is 6.86. The first kappa shape index (κ1) is 11.8. The van der Waals surface area contributed by atoms with Crippen LogP contribution in [0.25, 0.3) is 10.8 Å². The monoisotopic (exact) mass is 238 g/mol. The third kappa shape index (κ3) is 1.51. The molecule has 1 aliphatic carbocycles. The van der Waals surface area contributed by atoms with Crippen LogP contribution in [-0.4, -0.2) is 0 Å². The van der Waals surface area contributed by atoms with Gasteiger partial charge in [0.15, 0.2) is 0 Å². The van der Waals surface area contributed by atoms with Crippen LogP contribution in [0, 0.1) is 6.92 Å². The fourth-order valence-corrected chi connectivity index (χ4v) is 3.97. The van der Waals surface area contributed by atoms with Gasteiger partial charge in [-0.05, 0) is 46.1 Å². The van der Waals surface area contributed by atoms with E-state index in [0.717, 1.165) is 0 Å². The molecule has 0 spiro atoms. The maximum atomic E-state index is 2.39. The van der Waals surface area contributed by atoms with Crippen molar-refractivity contribution in [1.29, 1.82) is 0 Å². The van der Waals surface area contributed by atoms with Gasteiger partial charge in [-0.3, -0.25) is 0 Å². The zero-order valence-corrected chi connectivity index (χ0v) is 12.1. The molecule has 0 N–H and O–H groups in total. The Kier molecular flexibility index (Phi) is 2.21. The highest BCUT2D eigenvalue weighted by molar-refractivity contribution is 5.92. The molecule has 0 nitrogen and oxygen atoms in total. The van der Waals surface area contributed by atoms with Gasteiger partial charge in [-0.15, -0.1) is 0 Å². The van der Waals surface area contributed by atoms with Gasteiger partial charge in [0.2, 0.25) is 0 Å². The lowest BCUT2D eigenvalue weighted by molar-refractivity contribution is 0.341. The predicted octanol–water partition coefficient (Wildman–Crippen LogP) is 5.11. The van der Waals surface area contributed by atoms with Crippen molar-refractivity contribution in [3.05, 3.63) is 47.0 Å². The van der Waals surface area contributed by atoms with Crippen LogP contribution >= 0.6 is 0 Å². The van der Waals surface area contributed by atoms with Crippen LogP contribution in [0.15, 0.2) is 30.3 Å². The quantitative estimate of drug-likeness (QED) is 0.598. The van der Waals surface area contributed by atoms with Crippen molar-refractivity contribution >= 4 is 10.8 Å². The molecular formula is C18H22. The van der Waals surface area contributed by atoms with Gasteiger partial charge in [-0.1, -0.05) is 63.6 Å². The summed E-state index contributed by atoms with van der Waals surface area (Å²) in [6.45, 7) is 11.7. The lowest BCUT2D eigenvalue weighted by atomic mass is 9.61. The van der Waals surface area contributed by atoms with Crippen LogP contribution in [0.1, 0.15) is 50.8 Å². The highest BCUT2D eigenvalue weighted by Gasteiger charge is 2.38. The SMILES string of the molecule is Cc1cc2c3c(cccc3c1)C(C)(C)CC2(C)C. The molecule has 0 atom stereocenters. The van der Waals surface area contributed by atoms with Crippen molar-refractivity contribution in [2.75, 3.05) is 0 Å². The smallest absolute Gasteiger partial charge is 0.00889 e. The van der Waals surface area contributed by atoms with E-state index >= 15 is 0 Å². The van der Waals surface area contributed by atoms with Crippen molar-refractivity contribution in [3.63, 3.8) is 0 Å². The third-order valence-corrected chi connectivity index (χ3v) is 4.46. The average molecular weight is 238 g/mol. The normalized spacial score (nSPS) is 20.1. The molecule has 0 heterocycles. The second kappa shape index (κ2) is 3.38. The topological polar surface area (TPSA) is 0 Å². The average Bonchev–Trinajstić information content (AvgIpc) is 2.23. The van der Waals surface area contributed by atoms with Gasteiger partial charge in [0.25, 0.3) is 0 Å². The second-order valence-corrected chi connectivity index (χ2v) is 7.16. The molecule has 0 unspecified atom stereocenters. The van der Waals surface area contributed by atoms with E-state index < -0.39 is 0 Å². The summed E-state index contributed by atoms with van der Waals surface area (Å²) in [7, 11) is 0. The minimum Gasteiger partial charge on any atom is -0.0613 e. The molecule has 1 aliphatic rings. The van der Waals surface area contributed by atoms with Gasteiger partial charge in [0.05, 0.1) is 0 Å². The molecule has 3 rings (SSSR count). The summed E-state index contributed by atoms with van der Waals surface area (Å²) in [4.78, 5) is 0. The second-order valence-electron chi connectivity index (χ2n) is 7.16. The molecule has 0 aliphatic heterocycles. The van der Waals surface area contributed by atoms with Gasteiger partial charge in [-0.25, -0.2) is 0 Å². The minimum absolute atomic E-state index is 0.266. The molecule has 0 aromatic heterocycles. The van der Waals surface area contributed by atoms with Crippen molar-refractivity contribution in [3.8, 4) is 0 Å².